The molecule has 1 amide bonds. The summed E-state index contributed by atoms with van der Waals surface area (Å²) in [4.78, 5) is 16.6. The molecule has 0 aliphatic carbocycles. The van der Waals surface area contributed by atoms with Gasteiger partial charge in [-0.1, -0.05) is 60.7 Å². The van der Waals surface area contributed by atoms with Crippen molar-refractivity contribution in [1.82, 2.24) is 25.1 Å². The minimum atomic E-state index is -1.05. The number of hydrogen-bond acceptors (Lipinski definition) is 5. The maximum Gasteiger partial charge on any atom is 0.240 e. The molecule has 5 rings (SSSR count). The summed E-state index contributed by atoms with van der Waals surface area (Å²) in [6.07, 6.45) is 5.16. The van der Waals surface area contributed by atoms with Gasteiger partial charge in [-0.15, -0.1) is 10.2 Å². The second-order valence-corrected chi connectivity index (χ2v) is 11.1. The Balaban J connectivity index is 1.51. The van der Waals surface area contributed by atoms with Crippen LogP contribution in [0.2, 0.25) is 0 Å². The van der Waals surface area contributed by atoms with E-state index in [1.165, 1.54) is 5.56 Å². The molecule has 5 aromatic rings. The number of aryl methyl sites for hydroxylation is 2. The molecule has 0 saturated heterocycles. The molecule has 0 fully saturated rings. The third-order valence-electron chi connectivity index (χ3n) is 7.34. The maximum atomic E-state index is 13.2. The number of H-pyrrole nitrogens is 1. The topological polar surface area (TPSA) is 111 Å². The zero-order valence-corrected chi connectivity index (χ0v) is 23.9. The predicted molar refractivity (Wildman–Crippen MR) is 162 cm³/mol. The molecule has 1 atom stereocenters. The van der Waals surface area contributed by atoms with Gasteiger partial charge in [0.15, 0.2) is 5.82 Å². The van der Waals surface area contributed by atoms with Gasteiger partial charge in [0.1, 0.15) is 11.6 Å². The van der Waals surface area contributed by atoms with E-state index in [0.717, 1.165) is 52.9 Å². The highest BCUT2D eigenvalue weighted by molar-refractivity contribution is 5.86. The Hall–Kier alpha value is -4.43. The number of ether oxygens (including phenoxy) is 1. The lowest BCUT2D eigenvalue weighted by molar-refractivity contribution is -0.126. The van der Waals surface area contributed by atoms with Gasteiger partial charge in [-0.25, -0.2) is 0 Å². The number of benzene rings is 3. The number of aromatic nitrogens is 4. The van der Waals surface area contributed by atoms with Crippen LogP contribution in [0.3, 0.4) is 0 Å². The Morgan fingerprint density at radius 1 is 1.00 bits per heavy atom. The predicted octanol–water partition coefficient (Wildman–Crippen LogP) is 5.13. The molecule has 0 spiro atoms. The van der Waals surface area contributed by atoms with Crippen molar-refractivity contribution in [3.63, 3.8) is 0 Å². The van der Waals surface area contributed by atoms with E-state index in [4.69, 9.17) is 15.6 Å². The SMILES string of the molecule is COc1cccc(Cn2c(CCCc3ccccc3)nnc2C(Cc2c[nH]c3ccccc23)NC(=O)C(C)(C)N)c1. The fourth-order valence-electron chi connectivity index (χ4n) is 5.08. The van der Waals surface area contributed by atoms with Crippen molar-refractivity contribution in [2.45, 2.75) is 57.7 Å². The molecule has 4 N–H and O–H groups in total. The molecule has 1 unspecified atom stereocenters. The van der Waals surface area contributed by atoms with Crippen LogP contribution in [0.1, 0.15) is 54.6 Å². The monoisotopic (exact) mass is 550 g/mol. The number of carbonyl (C=O) groups excluding carboxylic acids is 1. The van der Waals surface area contributed by atoms with E-state index >= 15 is 0 Å². The second-order valence-electron chi connectivity index (χ2n) is 11.1. The average molecular weight is 551 g/mol. The van der Waals surface area contributed by atoms with Gasteiger partial charge in [0.25, 0.3) is 0 Å². The van der Waals surface area contributed by atoms with Gasteiger partial charge in [0.05, 0.1) is 25.2 Å². The van der Waals surface area contributed by atoms with Gasteiger partial charge in [-0.2, -0.15) is 0 Å². The van der Waals surface area contributed by atoms with Crippen molar-refractivity contribution in [2.24, 2.45) is 5.73 Å². The molecule has 0 bridgehead atoms. The number of para-hydroxylation sites is 1. The van der Waals surface area contributed by atoms with E-state index in [2.05, 4.69) is 56.4 Å². The normalized spacial score (nSPS) is 12.4. The van der Waals surface area contributed by atoms with E-state index in [-0.39, 0.29) is 5.91 Å². The van der Waals surface area contributed by atoms with E-state index in [1.807, 2.05) is 48.7 Å². The van der Waals surface area contributed by atoms with Gasteiger partial charge in [-0.3, -0.25) is 4.79 Å². The molecule has 8 heteroatoms. The van der Waals surface area contributed by atoms with Crippen LogP contribution in [0.4, 0.5) is 0 Å². The number of nitrogens with one attached hydrogen (secondary N) is 2. The highest BCUT2D eigenvalue weighted by Crippen LogP contribution is 2.26. The van der Waals surface area contributed by atoms with Crippen molar-refractivity contribution in [3.8, 4) is 5.75 Å². The molecule has 2 heterocycles. The number of nitrogens with zero attached hydrogens (tertiary/aromatic N) is 3. The summed E-state index contributed by atoms with van der Waals surface area (Å²) in [5.74, 6) is 2.12. The van der Waals surface area contributed by atoms with Crippen molar-refractivity contribution < 1.29 is 9.53 Å². The van der Waals surface area contributed by atoms with E-state index in [9.17, 15) is 4.79 Å². The summed E-state index contributed by atoms with van der Waals surface area (Å²) in [7, 11) is 1.67. The molecule has 212 valence electrons. The van der Waals surface area contributed by atoms with Gasteiger partial charge in [0.2, 0.25) is 5.91 Å². The summed E-state index contributed by atoms with van der Waals surface area (Å²) < 4.78 is 7.62. The number of carbonyl (C=O) groups is 1. The highest BCUT2D eigenvalue weighted by Gasteiger charge is 2.29. The zero-order valence-electron chi connectivity index (χ0n) is 23.9. The smallest absolute Gasteiger partial charge is 0.240 e. The Morgan fingerprint density at radius 2 is 1.76 bits per heavy atom. The van der Waals surface area contributed by atoms with Crippen molar-refractivity contribution >= 4 is 16.8 Å². The van der Waals surface area contributed by atoms with Gasteiger partial charge in [-0.05, 0) is 61.6 Å². The summed E-state index contributed by atoms with van der Waals surface area (Å²) in [6, 6.07) is 26.2. The number of fused-ring (bicyclic) bond motifs is 1. The number of aromatic amines is 1. The Kier molecular flexibility index (Phi) is 8.50. The molecular formula is C33H38N6O2. The standard InChI is InChI=1S/C33H38N6O2/c1-33(2,34)32(40)36-29(20-25-21-35-28-17-8-7-16-27(25)28)31-38-37-30(18-10-13-23-11-5-4-6-12-23)39(31)22-24-14-9-15-26(19-24)41-3/h4-9,11-12,14-17,19,21,29,35H,10,13,18,20,22,34H2,1-3H3,(H,36,40). The summed E-state index contributed by atoms with van der Waals surface area (Å²) in [6.45, 7) is 3.97. The third-order valence-corrected chi connectivity index (χ3v) is 7.34. The second kappa shape index (κ2) is 12.4. The molecule has 3 aromatic carbocycles. The highest BCUT2D eigenvalue weighted by atomic mass is 16.5. The van der Waals surface area contributed by atoms with Crippen LogP contribution in [0.5, 0.6) is 5.75 Å². The number of nitrogens with two attached hydrogens (primary N) is 1. The molecule has 0 aliphatic rings. The first-order chi connectivity index (χ1) is 19.8. The van der Waals surface area contributed by atoms with Crippen LogP contribution in [0.15, 0.2) is 85.1 Å². The van der Waals surface area contributed by atoms with Crippen LogP contribution in [0, 0.1) is 0 Å². The molecule has 8 nitrogen and oxygen atoms in total. The number of rotatable bonds is 12. The van der Waals surface area contributed by atoms with Gasteiger partial charge >= 0.3 is 0 Å². The quantitative estimate of drug-likeness (QED) is 0.200. The van der Waals surface area contributed by atoms with E-state index in [0.29, 0.717) is 18.8 Å². The van der Waals surface area contributed by atoms with Gasteiger partial charge < -0.3 is 25.3 Å². The Labute approximate surface area is 240 Å². The van der Waals surface area contributed by atoms with Crippen LogP contribution < -0.4 is 15.8 Å². The Bertz CT molecular complexity index is 1600. The minimum absolute atomic E-state index is 0.246. The average Bonchev–Trinajstić information content (AvgIpc) is 3.56. The van der Waals surface area contributed by atoms with Crippen LogP contribution in [0.25, 0.3) is 10.9 Å². The van der Waals surface area contributed by atoms with Crippen molar-refractivity contribution in [3.05, 3.63) is 113 Å². The van der Waals surface area contributed by atoms with E-state index in [1.54, 1.807) is 21.0 Å². The Morgan fingerprint density at radius 3 is 2.54 bits per heavy atom. The largest absolute Gasteiger partial charge is 0.497 e. The lowest BCUT2D eigenvalue weighted by atomic mass is 10.0. The molecule has 41 heavy (non-hydrogen) atoms. The summed E-state index contributed by atoms with van der Waals surface area (Å²) in [5, 5.41) is 13.7. The first-order valence-corrected chi connectivity index (χ1v) is 14.1. The molecule has 0 radical (unpaired) electrons. The summed E-state index contributed by atoms with van der Waals surface area (Å²) in [5.41, 5.74) is 9.65. The number of methoxy groups -OCH3 is 1. The van der Waals surface area contributed by atoms with Crippen LogP contribution in [-0.2, 0) is 30.6 Å². The molecular weight excluding hydrogens is 512 g/mol. The third kappa shape index (κ3) is 6.84. The zero-order chi connectivity index (χ0) is 28.8. The van der Waals surface area contributed by atoms with E-state index < -0.39 is 11.6 Å². The first-order valence-electron chi connectivity index (χ1n) is 14.1. The minimum Gasteiger partial charge on any atom is -0.497 e. The number of amides is 1. The maximum absolute atomic E-state index is 13.2. The summed E-state index contributed by atoms with van der Waals surface area (Å²) >= 11 is 0. The number of hydrogen-bond donors (Lipinski definition) is 3. The lowest BCUT2D eigenvalue weighted by Crippen LogP contribution is -2.50. The fourth-order valence-corrected chi connectivity index (χ4v) is 5.08. The van der Waals surface area contributed by atoms with Gasteiger partial charge in [0, 0.05) is 29.9 Å². The molecule has 2 aromatic heterocycles. The fraction of sp³-hybridized carbons (Fsp3) is 0.303. The molecule has 0 saturated carbocycles. The lowest BCUT2D eigenvalue weighted by Gasteiger charge is -2.25. The molecule has 0 aliphatic heterocycles. The van der Waals surface area contributed by atoms with Crippen LogP contribution >= 0.6 is 0 Å². The first kappa shape index (κ1) is 28.1. The van der Waals surface area contributed by atoms with Crippen molar-refractivity contribution in [2.75, 3.05) is 7.11 Å². The van der Waals surface area contributed by atoms with Crippen molar-refractivity contribution in [1.29, 1.82) is 0 Å². The van der Waals surface area contributed by atoms with Crippen LogP contribution in [-0.4, -0.2) is 38.3 Å².